The van der Waals surface area contributed by atoms with Crippen molar-refractivity contribution in [2.24, 2.45) is 0 Å². The molecule has 1 unspecified atom stereocenters. The Morgan fingerprint density at radius 1 is 0.558 bits per heavy atom. The molecule has 0 heterocycles. The molecule has 43 heavy (non-hydrogen) atoms. The van der Waals surface area contributed by atoms with Crippen LogP contribution in [0.15, 0.2) is 91.0 Å². The number of carbonyl (C=O) groups excluding carboxylic acids is 3. The molecule has 0 radical (unpaired) electrons. The summed E-state index contributed by atoms with van der Waals surface area (Å²) in [4.78, 5) is 34.3. The third-order valence-electron chi connectivity index (χ3n) is 7.33. The minimum absolute atomic E-state index is 0.300. The van der Waals surface area contributed by atoms with Gasteiger partial charge in [-0.05, 0) is 0 Å². The SMILES string of the molecule is O=C(NCCCCC(NC(=O)C(Cl)Cl)C(=O)NCCCC[PH](c1ccccc1)(c1ccccc1)c1ccccc1)C(Cl)Cl. The Morgan fingerprint density at radius 3 is 1.42 bits per heavy atom. The van der Waals surface area contributed by atoms with E-state index in [1.165, 1.54) is 15.9 Å². The van der Waals surface area contributed by atoms with Crippen LogP contribution in [-0.2, 0) is 14.4 Å². The van der Waals surface area contributed by atoms with Crippen molar-refractivity contribution in [3.63, 3.8) is 0 Å². The Labute approximate surface area is 274 Å². The van der Waals surface area contributed by atoms with Gasteiger partial charge in [0.15, 0.2) is 4.84 Å². The molecule has 11 heteroatoms. The molecule has 0 aliphatic heterocycles. The number of hydrogen-bond donors (Lipinski definition) is 3. The Morgan fingerprint density at radius 2 is 0.977 bits per heavy atom. The molecule has 3 aromatic rings. The average molecular weight is 685 g/mol. The molecule has 0 fully saturated rings. The maximum atomic E-state index is 13.1. The minimum Gasteiger partial charge on any atom is -0.0945 e. The summed E-state index contributed by atoms with van der Waals surface area (Å²) in [7, 11) is -2.34. The first kappa shape index (κ1) is 35.1. The monoisotopic (exact) mass is 683 g/mol. The van der Waals surface area contributed by atoms with Crippen LogP contribution in [0.25, 0.3) is 0 Å². The third kappa shape index (κ3) is 10.7. The molecule has 0 aliphatic rings. The summed E-state index contributed by atoms with van der Waals surface area (Å²) in [5.41, 5.74) is 0. The molecular weight excluding hydrogens is 647 g/mol. The van der Waals surface area contributed by atoms with Crippen LogP contribution >= 0.6 is 53.7 Å². The van der Waals surface area contributed by atoms with Crippen molar-refractivity contribution < 1.29 is 14.4 Å². The van der Waals surface area contributed by atoms with Crippen LogP contribution in [-0.4, -0.2) is 52.7 Å². The second kappa shape index (κ2) is 18.5. The maximum absolute atomic E-state index is 13.1. The molecule has 3 aromatic carbocycles. The number of alkyl halides is 4. The van der Waals surface area contributed by atoms with Crippen LogP contribution in [0.5, 0.6) is 0 Å². The van der Waals surface area contributed by atoms with E-state index in [1.54, 1.807) is 0 Å². The summed E-state index contributed by atoms with van der Waals surface area (Å²) in [6.45, 7) is 0.808. The molecule has 6 nitrogen and oxygen atoms in total. The predicted molar refractivity (Wildman–Crippen MR) is 183 cm³/mol. The summed E-state index contributed by atoms with van der Waals surface area (Å²) < 4.78 is 0. The fourth-order valence-electron chi connectivity index (χ4n) is 5.22. The fourth-order valence-corrected chi connectivity index (χ4v) is 10.4. The number of amides is 3. The zero-order valence-electron chi connectivity index (χ0n) is 23.8. The number of carbonyl (C=O) groups is 3. The molecule has 3 amide bonds. The minimum atomic E-state index is -2.34. The van der Waals surface area contributed by atoms with Crippen molar-refractivity contribution >= 4 is 87.3 Å². The summed E-state index contributed by atoms with van der Waals surface area (Å²) in [5.74, 6) is -1.41. The number of halogens is 4. The van der Waals surface area contributed by atoms with Crippen molar-refractivity contribution in [1.29, 1.82) is 0 Å². The summed E-state index contributed by atoms with van der Waals surface area (Å²) in [6, 6.07) is 31.3. The fraction of sp³-hybridized carbons (Fsp3) is 0.344. The van der Waals surface area contributed by atoms with Crippen molar-refractivity contribution in [2.75, 3.05) is 19.3 Å². The first-order valence-corrected chi connectivity index (χ1v) is 18.3. The Hall–Kier alpha value is -2.34. The molecule has 0 bridgehead atoms. The molecule has 3 rings (SSSR count). The van der Waals surface area contributed by atoms with Gasteiger partial charge in [0.05, 0.1) is 0 Å². The number of benzene rings is 3. The van der Waals surface area contributed by atoms with Gasteiger partial charge in [0, 0.05) is 0 Å². The van der Waals surface area contributed by atoms with E-state index in [9.17, 15) is 14.4 Å². The maximum Gasteiger partial charge on any atom is 0.185 e. The topological polar surface area (TPSA) is 87.3 Å². The van der Waals surface area contributed by atoms with Crippen LogP contribution < -0.4 is 31.9 Å². The Kier molecular flexibility index (Phi) is 15.1. The normalized spacial score (nSPS) is 12.5. The molecule has 1 atom stereocenters. The van der Waals surface area contributed by atoms with Crippen LogP contribution in [0.4, 0.5) is 0 Å². The number of hydrogen-bond acceptors (Lipinski definition) is 3. The van der Waals surface area contributed by atoms with Crippen molar-refractivity contribution in [3.05, 3.63) is 91.0 Å². The van der Waals surface area contributed by atoms with Gasteiger partial charge in [-0.15, -0.1) is 0 Å². The second-order valence-electron chi connectivity index (χ2n) is 10.2. The van der Waals surface area contributed by atoms with Gasteiger partial charge in [0.25, 0.3) is 5.91 Å². The summed E-state index contributed by atoms with van der Waals surface area (Å²) in [5, 5.41) is 12.3. The quantitative estimate of drug-likeness (QED) is 0.106. The standard InChI is InChI=1S/C32H38Cl4N3O3P/c33-28(34)31(41)38-21-11-10-20-27(39-32(42)29(35)36)30(40)37-22-12-13-23-43(24-14-4-1-5-15-24,25-16-6-2-7-17-25)26-18-8-3-9-19-26/h1-9,14-19,27-29,43H,10-13,20-23H2,(H,37,40)(H,38,41)(H,39,42). The Bertz CT molecular complexity index is 1190. The third-order valence-corrected chi connectivity index (χ3v) is 13.2. The number of unbranched alkanes of at least 4 members (excludes halogenated alkanes) is 2. The van der Waals surface area contributed by atoms with Crippen molar-refractivity contribution in [3.8, 4) is 0 Å². The van der Waals surface area contributed by atoms with Gasteiger partial charge in [-0.1, -0.05) is 23.2 Å². The number of rotatable bonds is 17. The van der Waals surface area contributed by atoms with Gasteiger partial charge in [-0.2, -0.15) is 0 Å². The zero-order chi connectivity index (χ0) is 31.1. The molecule has 0 spiro atoms. The van der Waals surface area contributed by atoms with Crippen LogP contribution in [0.3, 0.4) is 0 Å². The average Bonchev–Trinajstić information content (AvgIpc) is 3.03. The van der Waals surface area contributed by atoms with E-state index in [0.29, 0.717) is 32.4 Å². The largest absolute Gasteiger partial charge is 0.185 e. The smallest absolute Gasteiger partial charge is 0.0945 e. The van der Waals surface area contributed by atoms with Gasteiger partial charge in [-0.3, -0.25) is 4.79 Å². The van der Waals surface area contributed by atoms with E-state index >= 15 is 0 Å². The summed E-state index contributed by atoms with van der Waals surface area (Å²) in [6.07, 6.45) is 4.12. The second-order valence-corrected chi connectivity index (χ2v) is 16.4. The van der Waals surface area contributed by atoms with E-state index in [4.69, 9.17) is 46.4 Å². The first-order valence-electron chi connectivity index (χ1n) is 14.3. The summed E-state index contributed by atoms with van der Waals surface area (Å²) >= 11 is 22.5. The van der Waals surface area contributed by atoms with E-state index in [-0.39, 0.29) is 5.91 Å². The van der Waals surface area contributed by atoms with Crippen LogP contribution in [0, 0.1) is 0 Å². The van der Waals surface area contributed by atoms with E-state index < -0.39 is 34.8 Å². The van der Waals surface area contributed by atoms with Crippen molar-refractivity contribution in [1.82, 2.24) is 16.0 Å². The van der Waals surface area contributed by atoms with Crippen LogP contribution in [0.1, 0.15) is 32.1 Å². The molecule has 0 aliphatic carbocycles. The van der Waals surface area contributed by atoms with Gasteiger partial charge in [-0.25, -0.2) is 0 Å². The molecule has 3 N–H and O–H groups in total. The van der Waals surface area contributed by atoms with E-state index in [2.05, 4.69) is 88.7 Å². The van der Waals surface area contributed by atoms with Crippen molar-refractivity contribution in [2.45, 2.75) is 47.8 Å². The van der Waals surface area contributed by atoms with E-state index in [0.717, 1.165) is 19.0 Å². The van der Waals surface area contributed by atoms with Gasteiger partial charge in [0.1, 0.15) is 0 Å². The molecule has 0 saturated carbocycles. The van der Waals surface area contributed by atoms with E-state index in [1.807, 2.05) is 18.2 Å². The molecule has 0 saturated heterocycles. The first-order chi connectivity index (χ1) is 20.8. The van der Waals surface area contributed by atoms with Gasteiger partial charge in [0.2, 0.25) is 0 Å². The van der Waals surface area contributed by atoms with Gasteiger partial charge < -0.3 is 0 Å². The zero-order valence-corrected chi connectivity index (χ0v) is 27.8. The molecular formula is C32H38Cl4N3O3P. The Balaban J connectivity index is 1.64. The van der Waals surface area contributed by atoms with Gasteiger partial charge >= 0.3 is 237 Å². The molecule has 232 valence electrons. The van der Waals surface area contributed by atoms with Crippen LogP contribution in [0.2, 0.25) is 0 Å². The number of nitrogens with one attached hydrogen (secondary N) is 3. The predicted octanol–water partition coefficient (Wildman–Crippen LogP) is 4.99. The molecule has 0 aromatic heterocycles.